The number of benzene rings is 2. The van der Waals surface area contributed by atoms with E-state index in [9.17, 15) is 0 Å². The highest BCUT2D eigenvalue weighted by atomic mass is 16.6. The summed E-state index contributed by atoms with van der Waals surface area (Å²) in [6.07, 6.45) is 0.0802. The maximum Gasteiger partial charge on any atom is 0.119 e. The Labute approximate surface area is 131 Å². The van der Waals surface area contributed by atoms with E-state index >= 15 is 0 Å². The fourth-order valence-corrected chi connectivity index (χ4v) is 2.38. The van der Waals surface area contributed by atoms with E-state index in [4.69, 9.17) is 14.2 Å². The molecule has 0 aromatic heterocycles. The fraction of sp³-hybridized carbons (Fsp3) is 0.333. The predicted molar refractivity (Wildman–Crippen MR) is 85.4 cm³/mol. The van der Waals surface area contributed by atoms with Crippen LogP contribution < -0.4 is 14.8 Å². The first kappa shape index (κ1) is 14.9. The van der Waals surface area contributed by atoms with E-state index in [-0.39, 0.29) is 12.2 Å². The van der Waals surface area contributed by atoms with E-state index in [1.54, 1.807) is 0 Å². The smallest absolute Gasteiger partial charge is 0.119 e. The Balaban J connectivity index is 1.43. The van der Waals surface area contributed by atoms with Crippen LogP contribution in [0.25, 0.3) is 0 Å². The summed E-state index contributed by atoms with van der Waals surface area (Å²) in [6.45, 7) is 2.68. The quantitative estimate of drug-likeness (QED) is 0.889. The average Bonchev–Trinajstić information content (AvgIpc) is 2.60. The molecule has 0 saturated carbocycles. The molecule has 0 amide bonds. The van der Waals surface area contributed by atoms with Crippen LogP contribution in [0.1, 0.15) is 0 Å². The van der Waals surface area contributed by atoms with E-state index in [2.05, 4.69) is 5.32 Å². The molecule has 116 valence electrons. The second-order valence-electron chi connectivity index (χ2n) is 5.29. The van der Waals surface area contributed by atoms with Crippen molar-refractivity contribution in [3.63, 3.8) is 0 Å². The third-order valence-corrected chi connectivity index (χ3v) is 3.49. The van der Waals surface area contributed by atoms with E-state index in [0.29, 0.717) is 13.2 Å². The van der Waals surface area contributed by atoms with E-state index < -0.39 is 0 Å². The lowest BCUT2D eigenvalue weighted by Crippen LogP contribution is -2.49. The molecule has 1 N–H and O–H groups in total. The number of nitrogens with one attached hydrogen (secondary N) is 1. The third kappa shape index (κ3) is 4.48. The Morgan fingerprint density at radius 3 is 1.68 bits per heavy atom. The van der Waals surface area contributed by atoms with Crippen molar-refractivity contribution >= 4 is 0 Å². The minimum Gasteiger partial charge on any atom is -0.491 e. The summed E-state index contributed by atoms with van der Waals surface area (Å²) in [5, 5.41) is 3.37. The van der Waals surface area contributed by atoms with E-state index in [0.717, 1.165) is 24.6 Å². The summed E-state index contributed by atoms with van der Waals surface area (Å²) in [5.41, 5.74) is 0. The van der Waals surface area contributed by atoms with Crippen LogP contribution >= 0.6 is 0 Å². The zero-order valence-electron chi connectivity index (χ0n) is 12.5. The second-order valence-corrected chi connectivity index (χ2v) is 5.29. The molecule has 0 radical (unpaired) electrons. The molecule has 2 aromatic carbocycles. The van der Waals surface area contributed by atoms with Crippen molar-refractivity contribution in [3.8, 4) is 11.5 Å². The molecule has 22 heavy (non-hydrogen) atoms. The van der Waals surface area contributed by atoms with Crippen molar-refractivity contribution in [1.29, 1.82) is 0 Å². The van der Waals surface area contributed by atoms with Gasteiger partial charge in [0.1, 0.15) is 36.9 Å². The first-order valence-corrected chi connectivity index (χ1v) is 7.62. The molecular weight excluding hydrogens is 278 g/mol. The van der Waals surface area contributed by atoms with Crippen molar-refractivity contribution in [1.82, 2.24) is 5.32 Å². The van der Waals surface area contributed by atoms with Crippen LogP contribution in [-0.2, 0) is 4.74 Å². The van der Waals surface area contributed by atoms with Crippen LogP contribution in [0.15, 0.2) is 60.7 Å². The minimum atomic E-state index is 0.0401. The zero-order chi connectivity index (χ0) is 15.0. The topological polar surface area (TPSA) is 39.7 Å². The van der Waals surface area contributed by atoms with Crippen LogP contribution in [0.5, 0.6) is 11.5 Å². The molecule has 4 heteroatoms. The van der Waals surface area contributed by atoms with E-state index in [1.165, 1.54) is 0 Å². The van der Waals surface area contributed by atoms with Gasteiger partial charge in [0.25, 0.3) is 0 Å². The molecular formula is C18H21NO3. The Hall–Kier alpha value is -2.04. The largest absolute Gasteiger partial charge is 0.491 e. The van der Waals surface area contributed by atoms with Gasteiger partial charge in [-0.05, 0) is 24.3 Å². The monoisotopic (exact) mass is 299 g/mol. The number of hydrogen-bond donors (Lipinski definition) is 1. The van der Waals surface area contributed by atoms with Gasteiger partial charge in [0.05, 0.1) is 0 Å². The average molecular weight is 299 g/mol. The SMILES string of the molecule is c1ccc(OCC2CNCC(COc3ccccc3)O2)cc1. The molecule has 0 spiro atoms. The van der Waals surface area contributed by atoms with Gasteiger partial charge in [-0.3, -0.25) is 0 Å². The highest BCUT2D eigenvalue weighted by molar-refractivity contribution is 5.21. The van der Waals surface area contributed by atoms with Crippen LogP contribution in [-0.4, -0.2) is 38.5 Å². The van der Waals surface area contributed by atoms with Gasteiger partial charge < -0.3 is 19.5 Å². The van der Waals surface area contributed by atoms with Crippen molar-refractivity contribution in [3.05, 3.63) is 60.7 Å². The minimum absolute atomic E-state index is 0.0401. The molecule has 2 unspecified atom stereocenters. The lowest BCUT2D eigenvalue weighted by atomic mass is 10.2. The van der Waals surface area contributed by atoms with Crippen LogP contribution in [0.2, 0.25) is 0 Å². The highest BCUT2D eigenvalue weighted by Crippen LogP contribution is 2.13. The number of hydrogen-bond acceptors (Lipinski definition) is 4. The molecule has 1 saturated heterocycles. The van der Waals surface area contributed by atoms with Gasteiger partial charge in [0.2, 0.25) is 0 Å². The summed E-state index contributed by atoms with van der Waals surface area (Å²) in [5.74, 6) is 1.74. The molecule has 2 aromatic rings. The second kappa shape index (κ2) is 7.82. The summed E-state index contributed by atoms with van der Waals surface area (Å²) < 4.78 is 17.5. The summed E-state index contributed by atoms with van der Waals surface area (Å²) >= 11 is 0. The third-order valence-electron chi connectivity index (χ3n) is 3.49. The van der Waals surface area contributed by atoms with Crippen molar-refractivity contribution in [2.75, 3.05) is 26.3 Å². The lowest BCUT2D eigenvalue weighted by Gasteiger charge is -2.30. The maximum absolute atomic E-state index is 6.02. The van der Waals surface area contributed by atoms with Gasteiger partial charge in [-0.2, -0.15) is 0 Å². The highest BCUT2D eigenvalue weighted by Gasteiger charge is 2.23. The number of para-hydroxylation sites is 2. The Kier molecular flexibility index (Phi) is 5.29. The first-order chi connectivity index (χ1) is 10.9. The Bertz CT molecular complexity index is 497. The van der Waals surface area contributed by atoms with Gasteiger partial charge in [0, 0.05) is 13.1 Å². The summed E-state index contributed by atoms with van der Waals surface area (Å²) in [4.78, 5) is 0. The van der Waals surface area contributed by atoms with Crippen LogP contribution in [0, 0.1) is 0 Å². The predicted octanol–water partition coefficient (Wildman–Crippen LogP) is 2.50. The number of rotatable bonds is 6. The molecule has 1 aliphatic heterocycles. The van der Waals surface area contributed by atoms with Crippen molar-refractivity contribution < 1.29 is 14.2 Å². The van der Waals surface area contributed by atoms with Gasteiger partial charge in [-0.25, -0.2) is 0 Å². The zero-order valence-corrected chi connectivity index (χ0v) is 12.5. The Morgan fingerprint density at radius 1 is 0.773 bits per heavy atom. The van der Waals surface area contributed by atoms with Gasteiger partial charge >= 0.3 is 0 Å². The summed E-state index contributed by atoms with van der Waals surface area (Å²) in [6, 6.07) is 19.6. The van der Waals surface area contributed by atoms with Crippen LogP contribution in [0.4, 0.5) is 0 Å². The van der Waals surface area contributed by atoms with Crippen molar-refractivity contribution in [2.45, 2.75) is 12.2 Å². The van der Waals surface area contributed by atoms with Crippen molar-refractivity contribution in [2.24, 2.45) is 0 Å². The first-order valence-electron chi connectivity index (χ1n) is 7.62. The number of ether oxygens (including phenoxy) is 3. The van der Waals surface area contributed by atoms with Gasteiger partial charge in [-0.15, -0.1) is 0 Å². The lowest BCUT2D eigenvalue weighted by molar-refractivity contribution is -0.0711. The normalized spacial score (nSPS) is 21.3. The molecule has 1 aliphatic rings. The number of morpholine rings is 1. The summed E-state index contributed by atoms with van der Waals surface area (Å²) in [7, 11) is 0. The molecule has 3 rings (SSSR count). The van der Waals surface area contributed by atoms with Crippen LogP contribution in [0.3, 0.4) is 0 Å². The van der Waals surface area contributed by atoms with Gasteiger partial charge in [0.15, 0.2) is 0 Å². The van der Waals surface area contributed by atoms with Gasteiger partial charge in [-0.1, -0.05) is 36.4 Å². The molecule has 2 atom stereocenters. The standard InChI is InChI=1S/C18H21NO3/c1-3-7-15(8-4-1)20-13-17-11-19-12-18(22-17)14-21-16-9-5-2-6-10-16/h1-10,17-19H,11-14H2. The molecule has 0 aliphatic carbocycles. The molecule has 1 heterocycles. The molecule has 0 bridgehead atoms. The molecule has 4 nitrogen and oxygen atoms in total. The maximum atomic E-state index is 6.02. The Morgan fingerprint density at radius 2 is 1.23 bits per heavy atom. The van der Waals surface area contributed by atoms with E-state index in [1.807, 2.05) is 60.7 Å². The molecule has 1 fully saturated rings. The fourth-order valence-electron chi connectivity index (χ4n) is 2.38.